The smallest absolute Gasteiger partial charge is 0.311 e. The Kier molecular flexibility index (Phi) is 27.1. The van der Waals surface area contributed by atoms with Crippen molar-refractivity contribution in [2.24, 2.45) is 5.41 Å². The molecule has 0 heterocycles. The highest BCUT2D eigenvalue weighted by atomic mass is 16.5. The second-order valence-corrected chi connectivity index (χ2v) is 12.0. The molecule has 0 rings (SSSR count). The van der Waals surface area contributed by atoms with Crippen LogP contribution in [0.1, 0.15) is 201 Å². The molecule has 0 N–H and O–H groups in total. The Morgan fingerprint density at radius 1 is 0.444 bits per heavy atom. The summed E-state index contributed by atoms with van der Waals surface area (Å²) in [7, 11) is 0. The van der Waals surface area contributed by atoms with Gasteiger partial charge in [0, 0.05) is 0 Å². The Balaban J connectivity index is 4.18. The minimum Gasteiger partial charge on any atom is -0.465 e. The Morgan fingerprint density at radius 3 is 1.06 bits per heavy atom. The molecule has 0 aliphatic rings. The van der Waals surface area contributed by atoms with Crippen LogP contribution in [0.4, 0.5) is 0 Å². The van der Waals surface area contributed by atoms with Crippen LogP contribution in [-0.2, 0) is 9.53 Å². The van der Waals surface area contributed by atoms with Crippen LogP contribution in [-0.4, -0.2) is 12.6 Å². The van der Waals surface area contributed by atoms with Crippen molar-refractivity contribution in [1.29, 1.82) is 0 Å². The normalized spacial score (nSPS) is 13.1. The first-order chi connectivity index (χ1) is 17.6. The van der Waals surface area contributed by atoms with Crippen molar-refractivity contribution < 1.29 is 9.53 Å². The largest absolute Gasteiger partial charge is 0.465 e. The van der Waals surface area contributed by atoms with E-state index >= 15 is 0 Å². The number of carbonyl (C=O) groups is 1. The van der Waals surface area contributed by atoms with Crippen molar-refractivity contribution in [3.63, 3.8) is 0 Å². The highest BCUT2D eigenvalue weighted by Gasteiger charge is 2.33. The monoisotopic (exact) mass is 509 g/mol. The number of hydrogen-bond acceptors (Lipinski definition) is 2. The Morgan fingerprint density at radius 2 is 0.722 bits per heavy atom. The zero-order valence-corrected chi connectivity index (χ0v) is 25.6. The molecule has 0 fully saturated rings. The van der Waals surface area contributed by atoms with Crippen LogP contribution in [0.15, 0.2) is 0 Å². The topological polar surface area (TPSA) is 26.3 Å². The zero-order valence-electron chi connectivity index (χ0n) is 25.6. The lowest BCUT2D eigenvalue weighted by Gasteiger charge is -2.27. The Hall–Kier alpha value is -0.530. The molecule has 216 valence electrons. The van der Waals surface area contributed by atoms with Crippen LogP contribution < -0.4 is 0 Å². The maximum absolute atomic E-state index is 13.1. The van der Waals surface area contributed by atoms with Gasteiger partial charge < -0.3 is 4.74 Å². The molecule has 0 amide bonds. The van der Waals surface area contributed by atoms with Gasteiger partial charge in [0.15, 0.2) is 0 Å². The third-order valence-corrected chi connectivity index (χ3v) is 8.14. The Labute approximate surface area is 228 Å². The van der Waals surface area contributed by atoms with E-state index in [1.54, 1.807) is 0 Å². The van der Waals surface area contributed by atoms with Gasteiger partial charge >= 0.3 is 5.97 Å². The third kappa shape index (κ3) is 22.7. The van der Waals surface area contributed by atoms with Gasteiger partial charge in [-0.05, 0) is 26.2 Å². The van der Waals surface area contributed by atoms with Gasteiger partial charge in [-0.25, -0.2) is 0 Å². The molecular formula is C34H68O2. The van der Waals surface area contributed by atoms with Crippen LogP contribution in [0.3, 0.4) is 0 Å². The number of carbonyl (C=O) groups excluding carboxylic acids is 1. The first kappa shape index (κ1) is 35.5. The van der Waals surface area contributed by atoms with Gasteiger partial charge in [-0.2, -0.15) is 0 Å². The maximum Gasteiger partial charge on any atom is 0.311 e. The maximum atomic E-state index is 13.1. The van der Waals surface area contributed by atoms with Crippen LogP contribution in [0.25, 0.3) is 0 Å². The molecule has 0 saturated heterocycles. The van der Waals surface area contributed by atoms with Gasteiger partial charge in [0.25, 0.3) is 0 Å². The number of ether oxygens (including phenoxy) is 1. The molecule has 2 heteroatoms. The molecule has 0 aromatic heterocycles. The summed E-state index contributed by atoms with van der Waals surface area (Å²) < 4.78 is 5.87. The van der Waals surface area contributed by atoms with E-state index in [9.17, 15) is 4.79 Å². The van der Waals surface area contributed by atoms with Gasteiger partial charge in [0.1, 0.15) is 0 Å². The Bertz CT molecular complexity index is 446. The highest BCUT2D eigenvalue weighted by Crippen LogP contribution is 2.33. The van der Waals surface area contributed by atoms with E-state index in [4.69, 9.17) is 4.74 Å². The molecule has 0 aliphatic carbocycles. The van der Waals surface area contributed by atoms with Gasteiger partial charge in [-0.3, -0.25) is 4.79 Å². The molecule has 0 aromatic rings. The van der Waals surface area contributed by atoms with Crippen molar-refractivity contribution in [3.05, 3.63) is 0 Å². The van der Waals surface area contributed by atoms with E-state index in [1.807, 2.05) is 0 Å². The van der Waals surface area contributed by atoms with Crippen molar-refractivity contribution in [2.75, 3.05) is 6.61 Å². The fraction of sp³-hybridized carbons (Fsp3) is 0.971. The zero-order chi connectivity index (χ0) is 26.6. The summed E-state index contributed by atoms with van der Waals surface area (Å²) in [5.74, 6) is 0.0894. The summed E-state index contributed by atoms with van der Waals surface area (Å²) in [6.45, 7) is 9.65. The van der Waals surface area contributed by atoms with Crippen LogP contribution in [0.2, 0.25) is 0 Å². The number of unbranched alkanes of at least 4 members (excludes halogenated alkanes) is 22. The second-order valence-electron chi connectivity index (χ2n) is 12.0. The van der Waals surface area contributed by atoms with E-state index in [0.29, 0.717) is 6.61 Å². The first-order valence-corrected chi connectivity index (χ1v) is 16.8. The molecule has 2 nitrogen and oxygen atoms in total. The summed E-state index contributed by atoms with van der Waals surface area (Å²) in [5.41, 5.74) is -0.274. The van der Waals surface area contributed by atoms with E-state index in [0.717, 1.165) is 19.3 Å². The summed E-state index contributed by atoms with van der Waals surface area (Å²) in [6.07, 6.45) is 34.9. The minimum absolute atomic E-state index is 0.0894. The summed E-state index contributed by atoms with van der Waals surface area (Å²) in [4.78, 5) is 13.1. The average Bonchev–Trinajstić information content (AvgIpc) is 2.88. The minimum atomic E-state index is -0.274. The molecular weight excluding hydrogens is 440 g/mol. The van der Waals surface area contributed by atoms with Crippen molar-refractivity contribution in [1.82, 2.24) is 0 Å². The van der Waals surface area contributed by atoms with E-state index in [2.05, 4.69) is 27.7 Å². The quantitative estimate of drug-likeness (QED) is 0.0741. The number of hydrogen-bond donors (Lipinski definition) is 0. The fourth-order valence-corrected chi connectivity index (χ4v) is 5.38. The van der Waals surface area contributed by atoms with E-state index in [1.165, 1.54) is 154 Å². The predicted molar refractivity (Wildman–Crippen MR) is 161 cm³/mol. The molecule has 0 aromatic carbocycles. The second kappa shape index (κ2) is 27.5. The van der Waals surface area contributed by atoms with Crippen molar-refractivity contribution in [3.8, 4) is 0 Å². The molecule has 0 saturated carbocycles. The van der Waals surface area contributed by atoms with Gasteiger partial charge in [0.05, 0.1) is 12.0 Å². The van der Waals surface area contributed by atoms with Crippen LogP contribution >= 0.6 is 0 Å². The standard InChI is InChI=1S/C34H68O2/c1-5-8-11-14-17-19-20-22-25-28-31-34(4,30-27-24-16-13-10-7-3)33(35)36-32-29-26-23-21-18-15-12-9-6-2/h5-32H2,1-4H3. The van der Waals surface area contributed by atoms with E-state index in [-0.39, 0.29) is 11.4 Å². The SMILES string of the molecule is CCCCCCCCCCCCC(C)(CCCCCCCC)C(=O)OCCCCCCCCCCC. The molecule has 0 radical (unpaired) electrons. The molecule has 1 unspecified atom stereocenters. The van der Waals surface area contributed by atoms with Crippen LogP contribution in [0, 0.1) is 5.41 Å². The number of esters is 1. The lowest BCUT2D eigenvalue weighted by Crippen LogP contribution is -2.30. The lowest BCUT2D eigenvalue weighted by molar-refractivity contribution is -0.156. The molecule has 0 spiro atoms. The van der Waals surface area contributed by atoms with Gasteiger partial charge in [-0.15, -0.1) is 0 Å². The lowest BCUT2D eigenvalue weighted by atomic mass is 9.79. The van der Waals surface area contributed by atoms with Crippen molar-refractivity contribution in [2.45, 2.75) is 201 Å². The number of rotatable bonds is 29. The molecule has 0 bridgehead atoms. The molecule has 36 heavy (non-hydrogen) atoms. The third-order valence-electron chi connectivity index (χ3n) is 8.14. The summed E-state index contributed by atoms with van der Waals surface area (Å²) >= 11 is 0. The van der Waals surface area contributed by atoms with Gasteiger partial charge in [-0.1, -0.05) is 175 Å². The van der Waals surface area contributed by atoms with Crippen molar-refractivity contribution >= 4 is 5.97 Å². The summed E-state index contributed by atoms with van der Waals surface area (Å²) in [5, 5.41) is 0. The summed E-state index contributed by atoms with van der Waals surface area (Å²) in [6, 6.07) is 0. The predicted octanol–water partition coefficient (Wildman–Crippen LogP) is 12.1. The fourth-order valence-electron chi connectivity index (χ4n) is 5.38. The highest BCUT2D eigenvalue weighted by molar-refractivity contribution is 5.76. The molecule has 0 aliphatic heterocycles. The van der Waals surface area contributed by atoms with Gasteiger partial charge in [0.2, 0.25) is 0 Å². The van der Waals surface area contributed by atoms with E-state index < -0.39 is 0 Å². The first-order valence-electron chi connectivity index (χ1n) is 16.8. The average molecular weight is 509 g/mol. The molecule has 1 atom stereocenters. The van der Waals surface area contributed by atoms with Crippen LogP contribution in [0.5, 0.6) is 0 Å².